The number of methoxy groups -OCH3 is 1. The van der Waals surface area contributed by atoms with Crippen LogP contribution in [-0.2, 0) is 4.74 Å². The average molecular weight is 319 g/mol. The maximum atomic E-state index is 12.3. The van der Waals surface area contributed by atoms with E-state index in [0.717, 1.165) is 11.3 Å². The number of ketones is 1. The van der Waals surface area contributed by atoms with Gasteiger partial charge in [-0.3, -0.25) is 4.79 Å². The van der Waals surface area contributed by atoms with Crippen molar-refractivity contribution in [2.24, 2.45) is 0 Å². The molecule has 0 aliphatic heterocycles. The highest BCUT2D eigenvalue weighted by Gasteiger charge is 2.24. The Morgan fingerprint density at radius 2 is 1.50 bits per heavy atom. The van der Waals surface area contributed by atoms with Crippen LogP contribution < -0.4 is 0 Å². The number of hydrogen-bond donors (Lipinski definition) is 0. The third kappa shape index (κ3) is 2.74. The zero-order valence-electron chi connectivity index (χ0n) is 13.5. The quantitative estimate of drug-likeness (QED) is 0.536. The normalized spacial score (nSPS) is 10.4. The Kier molecular flexibility index (Phi) is 4.29. The molecular formula is C20H17NO3. The zero-order chi connectivity index (χ0) is 17.1. The molecule has 2 aromatic carbocycles. The summed E-state index contributed by atoms with van der Waals surface area (Å²) in [6, 6.07) is 20.6. The van der Waals surface area contributed by atoms with Gasteiger partial charge >= 0.3 is 5.97 Å². The fourth-order valence-electron chi connectivity index (χ4n) is 2.76. The van der Waals surface area contributed by atoms with Gasteiger partial charge in [0.05, 0.1) is 24.1 Å². The molecule has 120 valence electrons. The topological polar surface area (TPSA) is 48.3 Å². The minimum Gasteiger partial charge on any atom is -0.465 e. The van der Waals surface area contributed by atoms with Crippen LogP contribution in [0.5, 0.6) is 0 Å². The molecule has 4 heteroatoms. The number of Topliss-reactive ketones (excluding diaryl/α,β-unsaturated/α-hetero) is 1. The Bertz CT molecular complexity index is 880. The summed E-state index contributed by atoms with van der Waals surface area (Å²) in [5, 5.41) is 0. The Morgan fingerprint density at radius 1 is 0.917 bits per heavy atom. The van der Waals surface area contributed by atoms with Crippen LogP contribution in [0.4, 0.5) is 0 Å². The number of aromatic nitrogens is 1. The summed E-state index contributed by atoms with van der Waals surface area (Å²) in [6.07, 6.45) is 0. The number of carbonyl (C=O) groups is 2. The van der Waals surface area contributed by atoms with E-state index in [1.807, 2.05) is 65.2 Å². The number of rotatable bonds is 4. The van der Waals surface area contributed by atoms with Gasteiger partial charge in [0.15, 0.2) is 5.78 Å². The van der Waals surface area contributed by atoms with Gasteiger partial charge in [-0.2, -0.15) is 0 Å². The molecule has 0 radical (unpaired) electrons. The third-order valence-corrected chi connectivity index (χ3v) is 3.83. The molecule has 0 saturated heterocycles. The van der Waals surface area contributed by atoms with Crippen molar-refractivity contribution >= 4 is 11.8 Å². The van der Waals surface area contributed by atoms with Gasteiger partial charge in [0.2, 0.25) is 0 Å². The first kappa shape index (κ1) is 15.7. The van der Waals surface area contributed by atoms with Crippen LogP contribution in [0.3, 0.4) is 0 Å². The molecule has 0 N–H and O–H groups in total. The van der Waals surface area contributed by atoms with Crippen molar-refractivity contribution in [3.63, 3.8) is 0 Å². The molecule has 0 bridgehead atoms. The van der Waals surface area contributed by atoms with Gasteiger partial charge in [0, 0.05) is 12.6 Å². The standard InChI is InChI=1S/C20H17NO3/c1-14(22)18-13-17(20(23)24-2)19(15-9-5-3-6-10-15)21(18)16-11-7-4-8-12-16/h3-13H,1-2H3. The fraction of sp³-hybridized carbons (Fsp3) is 0.100. The summed E-state index contributed by atoms with van der Waals surface area (Å²) in [6.45, 7) is 1.49. The summed E-state index contributed by atoms with van der Waals surface area (Å²) in [4.78, 5) is 24.5. The van der Waals surface area contributed by atoms with Crippen molar-refractivity contribution in [3.8, 4) is 16.9 Å². The lowest BCUT2D eigenvalue weighted by atomic mass is 10.1. The molecule has 1 heterocycles. The van der Waals surface area contributed by atoms with Crippen molar-refractivity contribution in [3.05, 3.63) is 78.0 Å². The van der Waals surface area contributed by atoms with E-state index < -0.39 is 5.97 Å². The van der Waals surface area contributed by atoms with Gasteiger partial charge in [-0.25, -0.2) is 4.79 Å². The largest absolute Gasteiger partial charge is 0.465 e. The zero-order valence-corrected chi connectivity index (χ0v) is 13.5. The van der Waals surface area contributed by atoms with Gasteiger partial charge in [-0.15, -0.1) is 0 Å². The van der Waals surface area contributed by atoms with Crippen molar-refractivity contribution in [2.75, 3.05) is 7.11 Å². The minimum absolute atomic E-state index is 0.119. The number of benzene rings is 2. The molecule has 0 spiro atoms. The van der Waals surface area contributed by atoms with Crippen LogP contribution in [0.15, 0.2) is 66.7 Å². The second-order valence-electron chi connectivity index (χ2n) is 5.38. The van der Waals surface area contributed by atoms with Crippen molar-refractivity contribution in [1.82, 2.24) is 4.57 Å². The van der Waals surface area contributed by atoms with Gasteiger partial charge < -0.3 is 9.30 Å². The molecule has 24 heavy (non-hydrogen) atoms. The second-order valence-corrected chi connectivity index (χ2v) is 5.38. The summed E-state index contributed by atoms with van der Waals surface area (Å²) in [7, 11) is 1.34. The van der Waals surface area contributed by atoms with E-state index in [9.17, 15) is 9.59 Å². The van der Waals surface area contributed by atoms with Crippen molar-refractivity contribution in [1.29, 1.82) is 0 Å². The average Bonchev–Trinajstić information content (AvgIpc) is 3.03. The van der Waals surface area contributed by atoms with E-state index in [-0.39, 0.29) is 5.78 Å². The molecule has 0 saturated carbocycles. The molecule has 0 amide bonds. The highest BCUT2D eigenvalue weighted by molar-refractivity contribution is 6.03. The van der Waals surface area contributed by atoms with Gasteiger partial charge in [-0.1, -0.05) is 48.5 Å². The molecular weight excluding hydrogens is 302 g/mol. The predicted molar refractivity (Wildman–Crippen MR) is 92.5 cm³/mol. The predicted octanol–water partition coefficient (Wildman–Crippen LogP) is 4.13. The number of para-hydroxylation sites is 1. The molecule has 3 aromatic rings. The van der Waals surface area contributed by atoms with E-state index in [1.54, 1.807) is 6.07 Å². The molecule has 4 nitrogen and oxygen atoms in total. The highest BCUT2D eigenvalue weighted by atomic mass is 16.5. The Morgan fingerprint density at radius 3 is 2.04 bits per heavy atom. The third-order valence-electron chi connectivity index (χ3n) is 3.83. The Labute approximate surface area is 140 Å². The highest BCUT2D eigenvalue weighted by Crippen LogP contribution is 2.31. The number of nitrogens with zero attached hydrogens (tertiary/aromatic N) is 1. The van der Waals surface area contributed by atoms with Crippen molar-refractivity contribution in [2.45, 2.75) is 6.92 Å². The summed E-state index contributed by atoms with van der Waals surface area (Å²) < 4.78 is 6.73. The van der Waals surface area contributed by atoms with E-state index in [0.29, 0.717) is 17.0 Å². The number of esters is 1. The van der Waals surface area contributed by atoms with Crippen LogP contribution in [0, 0.1) is 0 Å². The molecule has 1 aromatic heterocycles. The SMILES string of the molecule is COC(=O)c1cc(C(C)=O)n(-c2ccccc2)c1-c1ccccc1. The minimum atomic E-state index is -0.467. The maximum Gasteiger partial charge on any atom is 0.340 e. The van der Waals surface area contributed by atoms with Crippen molar-refractivity contribution < 1.29 is 14.3 Å². The lowest BCUT2D eigenvalue weighted by Gasteiger charge is -2.13. The Hall–Kier alpha value is -3.14. The Balaban J connectivity index is 2.39. The summed E-state index contributed by atoms with van der Waals surface area (Å²) in [5.74, 6) is -0.586. The summed E-state index contributed by atoms with van der Waals surface area (Å²) in [5.41, 5.74) is 3.13. The molecule has 0 aliphatic carbocycles. The number of hydrogen-bond acceptors (Lipinski definition) is 3. The van der Waals surface area contributed by atoms with Crippen LogP contribution in [0.1, 0.15) is 27.8 Å². The van der Waals surface area contributed by atoms with Crippen LogP contribution >= 0.6 is 0 Å². The van der Waals surface area contributed by atoms with Gasteiger partial charge in [0.1, 0.15) is 0 Å². The monoisotopic (exact) mass is 319 g/mol. The van der Waals surface area contributed by atoms with E-state index in [2.05, 4.69) is 0 Å². The molecule has 0 aliphatic rings. The molecule has 0 atom stereocenters. The summed E-state index contributed by atoms with van der Waals surface area (Å²) >= 11 is 0. The lowest BCUT2D eigenvalue weighted by Crippen LogP contribution is -2.07. The van der Waals surface area contributed by atoms with Gasteiger partial charge in [-0.05, 0) is 23.8 Å². The first-order chi connectivity index (χ1) is 11.6. The van der Waals surface area contributed by atoms with Crippen LogP contribution in [0.2, 0.25) is 0 Å². The van der Waals surface area contributed by atoms with E-state index in [4.69, 9.17) is 4.74 Å². The van der Waals surface area contributed by atoms with E-state index in [1.165, 1.54) is 14.0 Å². The first-order valence-electron chi connectivity index (χ1n) is 7.59. The van der Waals surface area contributed by atoms with E-state index >= 15 is 0 Å². The number of ether oxygens (including phenoxy) is 1. The smallest absolute Gasteiger partial charge is 0.340 e. The molecule has 0 fully saturated rings. The van der Waals surface area contributed by atoms with Gasteiger partial charge in [0.25, 0.3) is 0 Å². The second kappa shape index (κ2) is 6.54. The maximum absolute atomic E-state index is 12.3. The molecule has 0 unspecified atom stereocenters. The fourth-order valence-corrected chi connectivity index (χ4v) is 2.76. The molecule has 3 rings (SSSR count). The van der Waals surface area contributed by atoms with Crippen LogP contribution in [0.25, 0.3) is 16.9 Å². The number of carbonyl (C=O) groups excluding carboxylic acids is 2. The van der Waals surface area contributed by atoms with Crippen LogP contribution in [-0.4, -0.2) is 23.4 Å². The first-order valence-corrected chi connectivity index (χ1v) is 7.59. The lowest BCUT2D eigenvalue weighted by molar-refractivity contribution is 0.0601.